The highest BCUT2D eigenvalue weighted by Crippen LogP contribution is 2.39. The van der Waals surface area contributed by atoms with Crippen molar-refractivity contribution < 1.29 is 24.7 Å². The third kappa shape index (κ3) is 11.2. The summed E-state index contributed by atoms with van der Waals surface area (Å²) in [7, 11) is 4.24. The van der Waals surface area contributed by atoms with E-state index in [1.165, 1.54) is 9.80 Å². The highest BCUT2D eigenvalue weighted by Gasteiger charge is 2.37. The van der Waals surface area contributed by atoms with Gasteiger partial charge in [-0.15, -0.1) is 24.8 Å². The summed E-state index contributed by atoms with van der Waals surface area (Å²) in [5, 5.41) is 0.533. The van der Waals surface area contributed by atoms with E-state index < -0.39 is 0 Å². The van der Waals surface area contributed by atoms with Crippen LogP contribution in [0.4, 0.5) is 32.3 Å². The first-order valence-corrected chi connectivity index (χ1v) is 20.6. The number of likely N-dealkylation sites (N-methyl/N-ethyl adjacent to an activating group) is 2. The van der Waals surface area contributed by atoms with Crippen LogP contribution in [0.5, 0.6) is 0 Å². The lowest BCUT2D eigenvalue weighted by Gasteiger charge is -2.34. The molecule has 2 N–H and O–H groups in total. The van der Waals surface area contributed by atoms with E-state index in [0.29, 0.717) is 31.2 Å². The molecule has 0 aromatic heterocycles. The molecule has 0 radical (unpaired) electrons. The van der Waals surface area contributed by atoms with Gasteiger partial charge in [0, 0.05) is 73.8 Å². The molecule has 0 aliphatic carbocycles. The standard InChI is InChI=1S/2C21H20ClN3O2S.2ClH.H2O/c2*1-23-10-12-24(13-11-23)18-5-3-2-4-15(18)14-19-20(26)25(21(27)28-19)17-8-6-16(22)7-9-17;;;/h2*2-9,14H,10-13H2,1H3;2*1H;1H2. The van der Waals surface area contributed by atoms with E-state index in [1.807, 2.05) is 48.6 Å². The van der Waals surface area contributed by atoms with Crippen molar-refractivity contribution in [3.05, 3.63) is 128 Å². The van der Waals surface area contributed by atoms with Gasteiger partial charge in [-0.3, -0.25) is 19.2 Å². The first-order valence-electron chi connectivity index (χ1n) is 18.2. The summed E-state index contributed by atoms with van der Waals surface area (Å²) in [5.74, 6) is -0.601. The Labute approximate surface area is 375 Å². The molecule has 0 bridgehead atoms. The molecule has 4 aliphatic heterocycles. The van der Waals surface area contributed by atoms with Crippen molar-refractivity contribution in [2.45, 2.75) is 0 Å². The molecule has 4 heterocycles. The molecule has 8 rings (SSSR count). The zero-order chi connectivity index (χ0) is 39.3. The molecule has 0 saturated carbocycles. The fourth-order valence-corrected chi connectivity index (χ4v) is 8.65. The number of benzene rings is 4. The van der Waals surface area contributed by atoms with E-state index in [1.54, 1.807) is 48.5 Å². The van der Waals surface area contributed by atoms with Crippen molar-refractivity contribution in [1.82, 2.24) is 9.80 Å². The number of rotatable bonds is 6. The van der Waals surface area contributed by atoms with E-state index in [9.17, 15) is 19.2 Å². The third-order valence-electron chi connectivity index (χ3n) is 9.89. The first-order chi connectivity index (χ1) is 27.0. The topological polar surface area (TPSA) is 119 Å². The lowest BCUT2D eigenvalue weighted by Crippen LogP contribution is -2.44. The van der Waals surface area contributed by atoms with Gasteiger partial charge >= 0.3 is 0 Å². The minimum absolute atomic E-state index is 0. The maximum Gasteiger partial charge on any atom is 0.298 e. The van der Waals surface area contributed by atoms with Crippen molar-refractivity contribution in [2.75, 3.05) is 86.1 Å². The largest absolute Gasteiger partial charge is 0.412 e. The van der Waals surface area contributed by atoms with E-state index >= 15 is 0 Å². The number of imide groups is 2. The number of thioether (sulfide) groups is 2. The van der Waals surface area contributed by atoms with Crippen LogP contribution in [0.1, 0.15) is 11.1 Å². The highest BCUT2D eigenvalue weighted by atomic mass is 35.5. The zero-order valence-electron chi connectivity index (χ0n) is 32.3. The average molecular weight is 919 g/mol. The van der Waals surface area contributed by atoms with Crippen LogP contribution in [0.2, 0.25) is 10.0 Å². The van der Waals surface area contributed by atoms with Crippen molar-refractivity contribution in [3.63, 3.8) is 0 Å². The second kappa shape index (κ2) is 21.5. The summed E-state index contributed by atoms with van der Waals surface area (Å²) >= 11 is 13.8. The third-order valence-corrected chi connectivity index (χ3v) is 12.1. The summed E-state index contributed by atoms with van der Waals surface area (Å²) in [6, 6.07) is 29.4. The molecule has 4 amide bonds. The number of halogens is 4. The van der Waals surface area contributed by atoms with Gasteiger partial charge in [0.1, 0.15) is 0 Å². The molecule has 59 heavy (non-hydrogen) atoms. The number of para-hydroxylation sites is 2. The lowest BCUT2D eigenvalue weighted by atomic mass is 10.1. The zero-order valence-corrected chi connectivity index (χ0v) is 37.0. The van der Waals surface area contributed by atoms with Crippen molar-refractivity contribution in [1.29, 1.82) is 0 Å². The smallest absolute Gasteiger partial charge is 0.298 e. The molecule has 0 unspecified atom stereocenters. The number of piperazine rings is 2. The summed E-state index contributed by atoms with van der Waals surface area (Å²) < 4.78 is 0. The predicted molar refractivity (Wildman–Crippen MR) is 250 cm³/mol. The Morgan fingerprint density at radius 2 is 0.814 bits per heavy atom. The Balaban J connectivity index is 0.000000248. The first kappa shape index (κ1) is 47.7. The minimum atomic E-state index is -0.300. The van der Waals surface area contributed by atoms with Crippen molar-refractivity contribution >= 4 is 129 Å². The molecule has 4 aliphatic rings. The number of amides is 4. The van der Waals surface area contributed by atoms with Crippen molar-refractivity contribution in [3.8, 4) is 0 Å². The number of carbonyl (C=O) groups is 4. The Hall–Kier alpha value is -4.02. The fraction of sp³-hybridized carbons (Fsp3) is 0.238. The van der Waals surface area contributed by atoms with E-state index in [2.05, 4.69) is 45.8 Å². The molecular formula is C42H44Cl4N6O5S2. The van der Waals surface area contributed by atoms with Gasteiger partial charge in [-0.25, -0.2) is 9.80 Å². The number of hydrogen-bond acceptors (Lipinski definition) is 10. The van der Waals surface area contributed by atoms with Crippen LogP contribution in [0.15, 0.2) is 107 Å². The Morgan fingerprint density at radius 3 is 1.15 bits per heavy atom. The Kier molecular flexibility index (Phi) is 17.4. The molecule has 4 saturated heterocycles. The SMILES string of the molecule is CN1CCN(c2ccccc2C=C2SC(=O)N(c3ccc(Cl)cc3)C2=O)CC1.CN1CCN(c2ccccc2C=C2SC(=O)N(c3ccc(Cl)cc3)C2=O)CC1.Cl.Cl.O. The molecule has 11 nitrogen and oxygen atoms in total. The molecule has 4 aromatic rings. The van der Waals surface area contributed by atoms with E-state index in [0.717, 1.165) is 98.4 Å². The van der Waals surface area contributed by atoms with Gasteiger partial charge in [-0.1, -0.05) is 59.6 Å². The second-order valence-corrected chi connectivity index (χ2v) is 16.5. The Morgan fingerprint density at radius 1 is 0.492 bits per heavy atom. The number of hydrogen-bond donors (Lipinski definition) is 0. The number of anilines is 4. The van der Waals surface area contributed by atoms with Crippen LogP contribution in [0.25, 0.3) is 12.2 Å². The predicted octanol–water partition coefficient (Wildman–Crippen LogP) is 8.68. The van der Waals surface area contributed by atoms with Gasteiger partial charge < -0.3 is 25.1 Å². The fourth-order valence-electron chi connectivity index (χ4n) is 6.73. The van der Waals surface area contributed by atoms with Crippen LogP contribution >= 0.6 is 71.5 Å². The van der Waals surface area contributed by atoms with Crippen LogP contribution in [-0.4, -0.2) is 104 Å². The van der Waals surface area contributed by atoms with Crippen LogP contribution < -0.4 is 19.6 Å². The maximum atomic E-state index is 12.9. The molecule has 4 fully saturated rings. The van der Waals surface area contributed by atoms with Gasteiger partial charge in [0.05, 0.1) is 21.2 Å². The van der Waals surface area contributed by atoms with Gasteiger partial charge in [0.2, 0.25) is 0 Å². The van der Waals surface area contributed by atoms with Crippen LogP contribution in [0.3, 0.4) is 0 Å². The maximum absolute atomic E-state index is 12.9. The van der Waals surface area contributed by atoms with Gasteiger partial charge in [0.25, 0.3) is 22.3 Å². The summed E-state index contributed by atoms with van der Waals surface area (Å²) in [5.41, 5.74) is 5.15. The van der Waals surface area contributed by atoms with Crippen LogP contribution in [0, 0.1) is 0 Å². The normalized spacial score (nSPS) is 18.7. The number of nitrogens with zero attached hydrogens (tertiary/aromatic N) is 6. The minimum Gasteiger partial charge on any atom is -0.412 e. The molecule has 0 atom stereocenters. The quantitative estimate of drug-likeness (QED) is 0.174. The lowest BCUT2D eigenvalue weighted by molar-refractivity contribution is -0.114. The van der Waals surface area contributed by atoms with Crippen LogP contribution in [-0.2, 0) is 9.59 Å². The average Bonchev–Trinajstić information content (AvgIpc) is 3.64. The van der Waals surface area contributed by atoms with E-state index in [-0.39, 0.29) is 52.6 Å². The number of carbonyl (C=O) groups excluding carboxylic acids is 4. The summed E-state index contributed by atoms with van der Waals surface area (Å²) in [6.45, 7) is 7.76. The van der Waals surface area contributed by atoms with Gasteiger partial charge in [0.15, 0.2) is 0 Å². The van der Waals surface area contributed by atoms with E-state index in [4.69, 9.17) is 23.2 Å². The molecule has 0 spiro atoms. The Bertz CT molecular complexity index is 2040. The molecular weight excluding hydrogens is 874 g/mol. The second-order valence-electron chi connectivity index (χ2n) is 13.7. The highest BCUT2D eigenvalue weighted by molar-refractivity contribution is 8.19. The van der Waals surface area contributed by atoms with Crippen molar-refractivity contribution in [2.24, 2.45) is 0 Å². The molecule has 312 valence electrons. The summed E-state index contributed by atoms with van der Waals surface area (Å²) in [6.07, 6.45) is 3.66. The summed E-state index contributed by atoms with van der Waals surface area (Å²) in [4.78, 5) is 63.3. The molecule has 17 heteroatoms. The molecule has 4 aromatic carbocycles. The van der Waals surface area contributed by atoms with Gasteiger partial charge in [-0.05, 0) is 122 Å². The monoisotopic (exact) mass is 916 g/mol. The van der Waals surface area contributed by atoms with Gasteiger partial charge in [-0.2, -0.15) is 0 Å².